The van der Waals surface area contributed by atoms with Crippen LogP contribution in [0.25, 0.3) is 5.69 Å². The summed E-state index contributed by atoms with van der Waals surface area (Å²) >= 11 is 4.07. The largest absolute Gasteiger partial charge is 0.497 e. The number of carbonyl (C=O) groups is 2. The van der Waals surface area contributed by atoms with Crippen molar-refractivity contribution in [2.75, 3.05) is 37.6 Å². The lowest BCUT2D eigenvalue weighted by atomic mass is 10.2. The van der Waals surface area contributed by atoms with Gasteiger partial charge in [0.2, 0.25) is 11.0 Å². The lowest BCUT2D eigenvalue weighted by Gasteiger charge is -2.15. The van der Waals surface area contributed by atoms with Gasteiger partial charge in [0.05, 0.1) is 38.8 Å². The van der Waals surface area contributed by atoms with Crippen LogP contribution in [0.2, 0.25) is 0 Å². The quantitative estimate of drug-likeness (QED) is 0.0958. The number of aromatic nitrogens is 5. The van der Waals surface area contributed by atoms with E-state index >= 15 is 0 Å². The Bertz CT molecular complexity index is 1510. The maximum atomic E-state index is 13.0. The highest BCUT2D eigenvalue weighted by atomic mass is 32.2. The van der Waals surface area contributed by atoms with Crippen molar-refractivity contribution < 1.29 is 23.8 Å². The molecular weight excluding hydrogens is 611 g/mol. The van der Waals surface area contributed by atoms with Gasteiger partial charge in [-0.1, -0.05) is 55.1 Å². The smallest absolute Gasteiger partial charge is 0.251 e. The third-order valence-electron chi connectivity index (χ3n) is 5.87. The van der Waals surface area contributed by atoms with E-state index in [-0.39, 0.29) is 24.1 Å². The number of rotatable bonds is 16. The van der Waals surface area contributed by atoms with E-state index in [4.69, 9.17) is 14.2 Å². The third kappa shape index (κ3) is 8.84. The molecule has 4 aromatic rings. The highest BCUT2D eigenvalue weighted by Gasteiger charge is 2.21. The summed E-state index contributed by atoms with van der Waals surface area (Å²) in [5, 5.41) is 23.3. The van der Waals surface area contributed by atoms with E-state index in [0.717, 1.165) is 22.9 Å². The molecular formula is C28H33N7O5S3. The Labute approximate surface area is 262 Å². The zero-order valence-corrected chi connectivity index (χ0v) is 26.7. The molecule has 2 amide bonds. The maximum absolute atomic E-state index is 13.0. The van der Waals surface area contributed by atoms with E-state index in [2.05, 4.69) is 38.0 Å². The maximum Gasteiger partial charge on any atom is 0.251 e. The van der Waals surface area contributed by atoms with Gasteiger partial charge in [0.1, 0.15) is 17.2 Å². The summed E-state index contributed by atoms with van der Waals surface area (Å²) in [5.41, 5.74) is 1.08. The van der Waals surface area contributed by atoms with Crippen LogP contribution in [0.5, 0.6) is 17.2 Å². The highest BCUT2D eigenvalue weighted by molar-refractivity contribution is 8.01. The average molecular weight is 644 g/mol. The zero-order chi connectivity index (χ0) is 30.6. The van der Waals surface area contributed by atoms with Crippen molar-refractivity contribution in [2.24, 2.45) is 0 Å². The summed E-state index contributed by atoms with van der Waals surface area (Å²) in [6, 6.07) is 12.3. The van der Waals surface area contributed by atoms with Crippen molar-refractivity contribution in [3.05, 3.63) is 53.9 Å². The topological polar surface area (TPSA) is 142 Å². The Morgan fingerprint density at radius 1 is 0.953 bits per heavy atom. The number of benzene rings is 2. The van der Waals surface area contributed by atoms with E-state index in [0.29, 0.717) is 51.2 Å². The number of hydrogen-bond donors (Lipinski definition) is 2. The third-order valence-corrected chi connectivity index (χ3v) is 8.65. The Morgan fingerprint density at radius 2 is 1.74 bits per heavy atom. The van der Waals surface area contributed by atoms with Gasteiger partial charge >= 0.3 is 0 Å². The number of nitrogens with one attached hydrogen (secondary N) is 2. The first-order chi connectivity index (χ1) is 20.9. The number of methoxy groups -OCH3 is 2. The number of ether oxygens (including phenoxy) is 3. The molecule has 0 saturated carbocycles. The van der Waals surface area contributed by atoms with Crippen molar-refractivity contribution in [2.45, 2.75) is 42.7 Å². The van der Waals surface area contributed by atoms with Crippen molar-refractivity contribution >= 4 is 51.8 Å². The van der Waals surface area contributed by atoms with Gasteiger partial charge in [0, 0.05) is 11.6 Å². The molecule has 0 fully saturated rings. The van der Waals surface area contributed by atoms with Gasteiger partial charge in [-0.2, -0.15) is 0 Å². The van der Waals surface area contributed by atoms with Crippen LogP contribution in [0.4, 0.5) is 5.13 Å². The molecule has 12 nitrogen and oxygen atoms in total. The molecule has 0 atom stereocenters. The van der Waals surface area contributed by atoms with Crippen LogP contribution in [-0.2, 0) is 11.3 Å². The normalized spacial score (nSPS) is 10.8. The summed E-state index contributed by atoms with van der Waals surface area (Å²) in [5.74, 6) is 2.64. The second kappa shape index (κ2) is 16.1. The Kier molecular flexibility index (Phi) is 12.1. The van der Waals surface area contributed by atoms with E-state index in [9.17, 15) is 9.59 Å². The number of nitrogens with zero attached hydrogens (tertiary/aromatic N) is 5. The van der Waals surface area contributed by atoms with Gasteiger partial charge in [-0.15, -0.1) is 20.4 Å². The summed E-state index contributed by atoms with van der Waals surface area (Å²) in [6.45, 7) is 4.82. The fourth-order valence-corrected chi connectivity index (χ4v) is 6.18. The summed E-state index contributed by atoms with van der Waals surface area (Å²) < 4.78 is 19.3. The van der Waals surface area contributed by atoms with Crippen molar-refractivity contribution in [1.82, 2.24) is 30.3 Å². The first-order valence-corrected chi connectivity index (χ1v) is 16.3. The number of amides is 2. The molecule has 0 aliphatic rings. The number of carbonyl (C=O) groups excluding carboxylic acids is 2. The van der Waals surface area contributed by atoms with E-state index < -0.39 is 0 Å². The van der Waals surface area contributed by atoms with Gasteiger partial charge in [0.25, 0.3) is 5.91 Å². The summed E-state index contributed by atoms with van der Waals surface area (Å²) in [7, 11) is 3.12. The van der Waals surface area contributed by atoms with E-state index in [1.165, 1.54) is 23.1 Å². The van der Waals surface area contributed by atoms with Crippen LogP contribution in [0.15, 0.2) is 52.0 Å². The molecule has 0 bridgehead atoms. The number of unbranched alkanes of at least 4 members (excludes halogenated alkanes) is 1. The molecule has 43 heavy (non-hydrogen) atoms. The Hall–Kier alpha value is -3.82. The average Bonchev–Trinajstić information content (AvgIpc) is 3.65. The van der Waals surface area contributed by atoms with Crippen molar-refractivity contribution in [1.29, 1.82) is 0 Å². The van der Waals surface area contributed by atoms with E-state index in [1.807, 2.05) is 6.92 Å². The molecule has 2 aromatic heterocycles. The summed E-state index contributed by atoms with van der Waals surface area (Å²) in [6.07, 6.45) is 2.01. The molecule has 228 valence electrons. The van der Waals surface area contributed by atoms with Crippen LogP contribution in [0, 0.1) is 0 Å². The predicted octanol–water partition coefficient (Wildman–Crippen LogP) is 5.09. The monoisotopic (exact) mass is 643 g/mol. The molecule has 0 aliphatic carbocycles. The predicted molar refractivity (Wildman–Crippen MR) is 168 cm³/mol. The highest BCUT2D eigenvalue weighted by Crippen LogP contribution is 2.32. The molecule has 2 N–H and O–H groups in total. The van der Waals surface area contributed by atoms with Crippen LogP contribution < -0.4 is 24.8 Å². The second-order valence-corrected chi connectivity index (χ2v) is 12.3. The fourth-order valence-electron chi connectivity index (χ4n) is 3.75. The minimum Gasteiger partial charge on any atom is -0.497 e. The van der Waals surface area contributed by atoms with Gasteiger partial charge in [-0.25, -0.2) is 0 Å². The molecule has 0 saturated heterocycles. The van der Waals surface area contributed by atoms with Gasteiger partial charge in [0.15, 0.2) is 15.3 Å². The van der Waals surface area contributed by atoms with Gasteiger partial charge in [-0.05, 0) is 48.6 Å². The fraction of sp³-hybridized carbons (Fsp3) is 0.357. The van der Waals surface area contributed by atoms with E-state index in [1.54, 1.807) is 73.0 Å². The summed E-state index contributed by atoms with van der Waals surface area (Å²) in [4.78, 5) is 25.7. The first kappa shape index (κ1) is 32.1. The van der Waals surface area contributed by atoms with Gasteiger partial charge < -0.3 is 19.5 Å². The molecule has 2 heterocycles. The standard InChI is InChI=1S/C28H33N7O5S3/c1-5-7-14-40-19-10-8-18(9-11-19)25(37)29-16-23-31-33-27(35(23)21-15-20(38-3)12-13-22(21)39-4)42-17-24(36)30-26-32-34-28(43-26)41-6-2/h8-13,15H,5-7,14,16-17H2,1-4H3,(H,29,37)(H,30,32,36). The zero-order valence-electron chi connectivity index (χ0n) is 24.3. The molecule has 0 spiro atoms. The minimum atomic E-state index is -0.279. The van der Waals surface area contributed by atoms with Crippen LogP contribution in [0.3, 0.4) is 0 Å². The lowest BCUT2D eigenvalue weighted by Crippen LogP contribution is -2.24. The van der Waals surface area contributed by atoms with Crippen LogP contribution >= 0.6 is 34.9 Å². The Morgan fingerprint density at radius 3 is 2.47 bits per heavy atom. The van der Waals surface area contributed by atoms with Gasteiger partial charge in [-0.3, -0.25) is 19.5 Å². The number of anilines is 1. The van der Waals surface area contributed by atoms with Crippen LogP contribution in [-0.4, -0.2) is 69.1 Å². The molecule has 0 aliphatic heterocycles. The SMILES string of the molecule is CCCCOc1ccc(C(=O)NCc2nnc(SCC(=O)Nc3nnc(SCC)s3)n2-c2cc(OC)ccc2OC)cc1. The molecule has 0 unspecified atom stereocenters. The molecule has 4 rings (SSSR count). The van der Waals surface area contributed by atoms with Crippen molar-refractivity contribution in [3.8, 4) is 22.9 Å². The second-order valence-electron chi connectivity index (χ2n) is 8.82. The number of hydrogen-bond acceptors (Lipinski definition) is 12. The molecule has 15 heteroatoms. The molecule has 2 aromatic carbocycles. The number of thioether (sulfide) groups is 2. The minimum absolute atomic E-state index is 0.0410. The van der Waals surface area contributed by atoms with Crippen molar-refractivity contribution in [3.63, 3.8) is 0 Å². The lowest BCUT2D eigenvalue weighted by molar-refractivity contribution is -0.113. The van der Waals surface area contributed by atoms with Crippen LogP contribution in [0.1, 0.15) is 42.9 Å². The Balaban J connectivity index is 1.51. The first-order valence-electron chi connectivity index (χ1n) is 13.5. The molecule has 0 radical (unpaired) electrons.